The Morgan fingerprint density at radius 2 is 2.00 bits per heavy atom. The van der Waals surface area contributed by atoms with Gasteiger partial charge >= 0.3 is 0 Å². The molecule has 3 heterocycles. The highest BCUT2D eigenvalue weighted by Gasteiger charge is 2.30. The molecule has 2 aromatic rings. The first-order chi connectivity index (χ1) is 12.3. The fourth-order valence-corrected chi connectivity index (χ4v) is 3.57. The Labute approximate surface area is 147 Å². The van der Waals surface area contributed by atoms with Crippen molar-refractivity contribution in [1.29, 1.82) is 0 Å². The summed E-state index contributed by atoms with van der Waals surface area (Å²) in [5.41, 5.74) is 1.18. The summed E-state index contributed by atoms with van der Waals surface area (Å²) in [4.78, 5) is 23.5. The number of carbonyl (C=O) groups excluding carboxylic acids is 1. The van der Waals surface area contributed by atoms with E-state index in [0.717, 1.165) is 44.5 Å². The molecule has 4 rings (SSSR count). The van der Waals surface area contributed by atoms with Crippen LogP contribution in [-0.4, -0.2) is 32.5 Å². The van der Waals surface area contributed by atoms with Gasteiger partial charge in [0.15, 0.2) is 5.82 Å². The first-order valence-electron chi connectivity index (χ1n) is 9.33. The number of aromatic nitrogens is 3. The van der Waals surface area contributed by atoms with Gasteiger partial charge in [-0.2, -0.15) is 4.98 Å². The number of hydrogen-bond acceptors (Lipinski definition) is 5. The zero-order chi connectivity index (χ0) is 17.1. The number of carbonyl (C=O) groups is 1. The van der Waals surface area contributed by atoms with Gasteiger partial charge in [-0.15, -0.1) is 0 Å². The first kappa shape index (κ1) is 16.2. The van der Waals surface area contributed by atoms with Crippen molar-refractivity contribution in [2.75, 3.05) is 6.54 Å². The number of likely N-dealkylation sites (tertiary alicyclic amines) is 1. The predicted octanol–water partition coefficient (Wildman–Crippen LogP) is 3.42. The Kier molecular flexibility index (Phi) is 4.76. The third-order valence-corrected chi connectivity index (χ3v) is 5.14. The van der Waals surface area contributed by atoms with Crippen LogP contribution in [0.2, 0.25) is 0 Å². The van der Waals surface area contributed by atoms with E-state index in [-0.39, 0.29) is 11.9 Å². The van der Waals surface area contributed by atoms with Crippen LogP contribution in [0.1, 0.15) is 74.2 Å². The Hall–Kier alpha value is -2.24. The second-order valence-corrected chi connectivity index (χ2v) is 7.05. The lowest BCUT2D eigenvalue weighted by molar-refractivity contribution is -0.133. The molecule has 1 saturated heterocycles. The second-order valence-electron chi connectivity index (χ2n) is 7.05. The van der Waals surface area contributed by atoms with Gasteiger partial charge in [-0.25, -0.2) is 0 Å². The van der Waals surface area contributed by atoms with Gasteiger partial charge in [0, 0.05) is 37.7 Å². The molecule has 0 radical (unpaired) electrons. The van der Waals surface area contributed by atoms with Crippen molar-refractivity contribution in [2.45, 2.75) is 63.3 Å². The molecule has 1 aliphatic heterocycles. The summed E-state index contributed by atoms with van der Waals surface area (Å²) in [6, 6.07) is 4.20. The minimum Gasteiger partial charge on any atom is -0.339 e. The number of aryl methyl sites for hydroxylation is 1. The van der Waals surface area contributed by atoms with E-state index in [1.165, 1.54) is 12.0 Å². The summed E-state index contributed by atoms with van der Waals surface area (Å²) in [5.74, 6) is 2.06. The van der Waals surface area contributed by atoms with E-state index in [1.54, 1.807) is 12.4 Å². The number of rotatable bonds is 5. The first-order valence-corrected chi connectivity index (χ1v) is 9.33. The Bertz CT molecular complexity index is 711. The molecule has 0 spiro atoms. The summed E-state index contributed by atoms with van der Waals surface area (Å²) in [5, 5.41) is 4.03. The van der Waals surface area contributed by atoms with Crippen LogP contribution >= 0.6 is 0 Å². The number of nitrogens with zero attached hydrogens (tertiary/aromatic N) is 4. The van der Waals surface area contributed by atoms with Gasteiger partial charge in [0.05, 0.1) is 6.04 Å². The number of pyridine rings is 1. The van der Waals surface area contributed by atoms with E-state index in [1.807, 2.05) is 17.0 Å². The van der Waals surface area contributed by atoms with Crippen LogP contribution in [0, 0.1) is 0 Å². The van der Waals surface area contributed by atoms with Crippen LogP contribution < -0.4 is 0 Å². The van der Waals surface area contributed by atoms with Gasteiger partial charge < -0.3 is 9.42 Å². The molecule has 1 aliphatic carbocycles. The van der Waals surface area contributed by atoms with Gasteiger partial charge in [0.1, 0.15) is 0 Å². The molecule has 2 aliphatic rings. The quantitative estimate of drug-likeness (QED) is 0.834. The minimum absolute atomic E-state index is 0.155. The zero-order valence-electron chi connectivity index (χ0n) is 14.4. The molecule has 1 unspecified atom stereocenters. The molecular weight excluding hydrogens is 316 g/mol. The van der Waals surface area contributed by atoms with E-state index in [2.05, 4.69) is 15.1 Å². The lowest BCUT2D eigenvalue weighted by Gasteiger charge is -2.30. The average molecular weight is 340 g/mol. The van der Waals surface area contributed by atoms with Crippen molar-refractivity contribution in [1.82, 2.24) is 20.0 Å². The summed E-state index contributed by atoms with van der Waals surface area (Å²) >= 11 is 0. The topological polar surface area (TPSA) is 72.1 Å². The van der Waals surface area contributed by atoms with Crippen molar-refractivity contribution in [2.24, 2.45) is 0 Å². The smallest absolute Gasteiger partial charge is 0.227 e. The molecule has 0 N–H and O–H groups in total. The van der Waals surface area contributed by atoms with Crippen molar-refractivity contribution in [3.8, 4) is 0 Å². The second kappa shape index (κ2) is 7.33. The fraction of sp³-hybridized carbons (Fsp3) is 0.579. The SMILES string of the molecule is O=C(CCc1nc(C2CC2)no1)N1CCCCCC1c1ccncc1. The normalized spacial score (nSPS) is 21.1. The van der Waals surface area contributed by atoms with Crippen LogP contribution in [0.25, 0.3) is 0 Å². The largest absolute Gasteiger partial charge is 0.339 e. The molecule has 2 aromatic heterocycles. The van der Waals surface area contributed by atoms with Crippen LogP contribution in [0.15, 0.2) is 29.0 Å². The third kappa shape index (κ3) is 3.89. The number of hydrogen-bond donors (Lipinski definition) is 0. The molecular formula is C19H24N4O2. The van der Waals surface area contributed by atoms with Crippen molar-refractivity contribution in [3.05, 3.63) is 41.8 Å². The summed E-state index contributed by atoms with van der Waals surface area (Å²) in [7, 11) is 0. The predicted molar refractivity (Wildman–Crippen MR) is 91.8 cm³/mol. The van der Waals surface area contributed by atoms with Gasteiger partial charge in [-0.1, -0.05) is 18.0 Å². The molecule has 0 bridgehead atoms. The van der Waals surface area contributed by atoms with Crippen LogP contribution in [-0.2, 0) is 11.2 Å². The Morgan fingerprint density at radius 1 is 1.16 bits per heavy atom. The number of amides is 1. The Morgan fingerprint density at radius 3 is 2.80 bits per heavy atom. The maximum Gasteiger partial charge on any atom is 0.227 e. The van der Waals surface area contributed by atoms with E-state index in [0.29, 0.717) is 24.7 Å². The van der Waals surface area contributed by atoms with Gasteiger partial charge in [-0.05, 0) is 43.4 Å². The van der Waals surface area contributed by atoms with Crippen molar-refractivity contribution < 1.29 is 9.32 Å². The van der Waals surface area contributed by atoms with E-state index < -0.39 is 0 Å². The third-order valence-electron chi connectivity index (χ3n) is 5.14. The molecule has 1 saturated carbocycles. The average Bonchev–Trinajstić information content (AvgIpc) is 3.43. The lowest BCUT2D eigenvalue weighted by atomic mass is 10.0. The van der Waals surface area contributed by atoms with Crippen LogP contribution in [0.5, 0.6) is 0 Å². The molecule has 2 fully saturated rings. The molecule has 0 aromatic carbocycles. The lowest BCUT2D eigenvalue weighted by Crippen LogP contribution is -2.35. The van der Waals surface area contributed by atoms with E-state index in [4.69, 9.17) is 4.52 Å². The highest BCUT2D eigenvalue weighted by Crippen LogP contribution is 2.38. The minimum atomic E-state index is 0.155. The van der Waals surface area contributed by atoms with E-state index >= 15 is 0 Å². The molecule has 132 valence electrons. The van der Waals surface area contributed by atoms with Gasteiger partial charge in [-0.3, -0.25) is 9.78 Å². The highest BCUT2D eigenvalue weighted by molar-refractivity contribution is 5.77. The summed E-state index contributed by atoms with van der Waals surface area (Å²) in [6.07, 6.45) is 11.3. The molecule has 6 nitrogen and oxygen atoms in total. The van der Waals surface area contributed by atoms with E-state index in [9.17, 15) is 4.79 Å². The van der Waals surface area contributed by atoms with Crippen LogP contribution in [0.4, 0.5) is 0 Å². The molecule has 25 heavy (non-hydrogen) atoms. The summed E-state index contributed by atoms with van der Waals surface area (Å²) in [6.45, 7) is 0.822. The Balaban J connectivity index is 1.42. The van der Waals surface area contributed by atoms with Crippen molar-refractivity contribution >= 4 is 5.91 Å². The maximum absolute atomic E-state index is 12.9. The molecule has 1 atom stereocenters. The summed E-state index contributed by atoms with van der Waals surface area (Å²) < 4.78 is 5.30. The van der Waals surface area contributed by atoms with Crippen LogP contribution in [0.3, 0.4) is 0 Å². The molecule has 1 amide bonds. The van der Waals surface area contributed by atoms with Gasteiger partial charge in [0.25, 0.3) is 0 Å². The standard InChI is InChI=1S/C19H24N4O2/c24-18(8-7-17-21-19(22-25-17)15-5-6-15)23-13-3-1-2-4-16(23)14-9-11-20-12-10-14/h9-12,15-16H,1-8,13H2. The van der Waals surface area contributed by atoms with Gasteiger partial charge in [0.2, 0.25) is 11.8 Å². The maximum atomic E-state index is 12.9. The zero-order valence-corrected chi connectivity index (χ0v) is 14.4. The monoisotopic (exact) mass is 340 g/mol. The highest BCUT2D eigenvalue weighted by atomic mass is 16.5. The fourth-order valence-electron chi connectivity index (χ4n) is 3.57. The molecule has 6 heteroatoms. The van der Waals surface area contributed by atoms with Crippen molar-refractivity contribution in [3.63, 3.8) is 0 Å².